The van der Waals surface area contributed by atoms with Crippen molar-refractivity contribution in [2.45, 2.75) is 56.9 Å². The van der Waals surface area contributed by atoms with Crippen molar-refractivity contribution in [3.63, 3.8) is 0 Å². The lowest BCUT2D eigenvalue weighted by atomic mass is 9.78. The molecule has 0 heterocycles. The molecular weight excluding hydrogens is 244 g/mol. The molecule has 1 amide bonds. The van der Waals surface area contributed by atoms with E-state index in [0.29, 0.717) is 6.42 Å². The Hall–Kier alpha value is -1.10. The minimum atomic E-state index is -0.722. The van der Waals surface area contributed by atoms with E-state index in [1.807, 2.05) is 7.05 Å². The third kappa shape index (κ3) is 4.82. The molecule has 1 aliphatic rings. The highest BCUT2D eigenvalue weighted by Crippen LogP contribution is 2.35. The van der Waals surface area contributed by atoms with Crippen molar-refractivity contribution in [3.8, 4) is 0 Å². The highest BCUT2D eigenvalue weighted by Gasteiger charge is 2.37. The van der Waals surface area contributed by atoms with Gasteiger partial charge in [-0.1, -0.05) is 19.3 Å². The van der Waals surface area contributed by atoms with E-state index in [1.165, 1.54) is 6.42 Å². The van der Waals surface area contributed by atoms with E-state index in [-0.39, 0.29) is 17.9 Å². The molecule has 0 aromatic carbocycles. The maximum atomic E-state index is 11.2. The van der Waals surface area contributed by atoms with Gasteiger partial charge in [0.05, 0.1) is 6.42 Å². The number of carbonyl (C=O) groups is 2. The summed E-state index contributed by atoms with van der Waals surface area (Å²) in [4.78, 5) is 24.5. The number of carboxylic acid groups (broad SMARTS) is 1. The molecule has 5 nitrogen and oxygen atoms in total. The van der Waals surface area contributed by atoms with Crippen LogP contribution < -0.4 is 5.32 Å². The Kier molecular flexibility index (Phi) is 6.28. The Balaban J connectivity index is 2.53. The van der Waals surface area contributed by atoms with Gasteiger partial charge in [0.25, 0.3) is 0 Å². The molecule has 1 aliphatic carbocycles. The third-order valence-corrected chi connectivity index (χ3v) is 4.25. The van der Waals surface area contributed by atoms with Gasteiger partial charge in [-0.15, -0.1) is 0 Å². The Labute approximate surface area is 115 Å². The maximum Gasteiger partial charge on any atom is 0.305 e. The van der Waals surface area contributed by atoms with E-state index in [2.05, 4.69) is 10.2 Å². The molecule has 0 aromatic rings. The monoisotopic (exact) mass is 270 g/mol. The number of nitrogens with one attached hydrogen (secondary N) is 1. The predicted octanol–water partition coefficient (Wildman–Crippen LogP) is 1.62. The number of nitrogens with zero attached hydrogens (tertiary/aromatic N) is 1. The van der Waals surface area contributed by atoms with Crippen molar-refractivity contribution in [2.75, 3.05) is 20.6 Å². The summed E-state index contributed by atoms with van der Waals surface area (Å²) >= 11 is 0. The van der Waals surface area contributed by atoms with Crippen LogP contribution in [0.2, 0.25) is 0 Å². The number of hydrogen-bond acceptors (Lipinski definition) is 3. The van der Waals surface area contributed by atoms with Crippen molar-refractivity contribution in [3.05, 3.63) is 0 Å². The number of hydrogen-bond donors (Lipinski definition) is 2. The largest absolute Gasteiger partial charge is 0.481 e. The average molecular weight is 270 g/mol. The lowest BCUT2D eigenvalue weighted by Crippen LogP contribution is -2.49. The second-order valence-corrected chi connectivity index (χ2v) is 5.55. The summed E-state index contributed by atoms with van der Waals surface area (Å²) in [6, 6.07) is 0. The van der Waals surface area contributed by atoms with Crippen LogP contribution in [-0.4, -0.2) is 48.1 Å². The van der Waals surface area contributed by atoms with Gasteiger partial charge in [-0.3, -0.25) is 9.59 Å². The SMILES string of the molecule is CNC(=O)CCCN(C)C1(CC(=O)O)CCCCC1. The first-order chi connectivity index (χ1) is 9.00. The maximum absolute atomic E-state index is 11.2. The summed E-state index contributed by atoms with van der Waals surface area (Å²) in [5, 5.41) is 11.7. The molecule has 110 valence electrons. The van der Waals surface area contributed by atoms with E-state index in [4.69, 9.17) is 5.11 Å². The molecule has 19 heavy (non-hydrogen) atoms. The average Bonchev–Trinajstić information content (AvgIpc) is 2.38. The second kappa shape index (κ2) is 7.48. The molecule has 0 saturated heterocycles. The minimum Gasteiger partial charge on any atom is -0.481 e. The van der Waals surface area contributed by atoms with Crippen LogP contribution in [0.15, 0.2) is 0 Å². The van der Waals surface area contributed by atoms with E-state index in [9.17, 15) is 9.59 Å². The van der Waals surface area contributed by atoms with Gasteiger partial charge in [0.2, 0.25) is 5.91 Å². The van der Waals surface area contributed by atoms with E-state index < -0.39 is 5.97 Å². The molecule has 5 heteroatoms. The van der Waals surface area contributed by atoms with E-state index in [1.54, 1.807) is 7.05 Å². The van der Waals surface area contributed by atoms with Gasteiger partial charge in [-0.25, -0.2) is 0 Å². The van der Waals surface area contributed by atoms with Gasteiger partial charge in [0, 0.05) is 19.0 Å². The molecule has 1 rings (SSSR count). The van der Waals surface area contributed by atoms with Crippen LogP contribution in [0.4, 0.5) is 0 Å². The molecule has 0 unspecified atom stereocenters. The van der Waals surface area contributed by atoms with Gasteiger partial charge in [-0.2, -0.15) is 0 Å². The van der Waals surface area contributed by atoms with Crippen LogP contribution >= 0.6 is 0 Å². The molecule has 0 atom stereocenters. The van der Waals surface area contributed by atoms with Crippen molar-refractivity contribution in [1.29, 1.82) is 0 Å². The van der Waals surface area contributed by atoms with Crippen LogP contribution in [0.5, 0.6) is 0 Å². The van der Waals surface area contributed by atoms with Crippen molar-refractivity contribution < 1.29 is 14.7 Å². The Morgan fingerprint density at radius 1 is 1.26 bits per heavy atom. The fourth-order valence-corrected chi connectivity index (χ4v) is 3.02. The smallest absolute Gasteiger partial charge is 0.305 e. The fraction of sp³-hybridized carbons (Fsp3) is 0.857. The molecule has 0 bridgehead atoms. The van der Waals surface area contributed by atoms with E-state index >= 15 is 0 Å². The Morgan fingerprint density at radius 3 is 2.42 bits per heavy atom. The van der Waals surface area contributed by atoms with Gasteiger partial charge in [-0.05, 0) is 32.9 Å². The zero-order valence-corrected chi connectivity index (χ0v) is 12.1. The Morgan fingerprint density at radius 2 is 1.89 bits per heavy atom. The second-order valence-electron chi connectivity index (χ2n) is 5.55. The molecule has 2 N–H and O–H groups in total. The standard InChI is InChI=1S/C14H26N2O3/c1-15-12(17)7-6-10-16(2)14(11-13(18)19)8-4-3-5-9-14/h3-11H2,1-2H3,(H,15,17)(H,18,19). The van der Waals surface area contributed by atoms with Gasteiger partial charge < -0.3 is 15.3 Å². The van der Waals surface area contributed by atoms with Gasteiger partial charge >= 0.3 is 5.97 Å². The third-order valence-electron chi connectivity index (χ3n) is 4.25. The molecule has 0 spiro atoms. The van der Waals surface area contributed by atoms with Gasteiger partial charge in [0.15, 0.2) is 0 Å². The van der Waals surface area contributed by atoms with Crippen LogP contribution in [0.1, 0.15) is 51.4 Å². The van der Waals surface area contributed by atoms with Crippen molar-refractivity contribution in [1.82, 2.24) is 10.2 Å². The van der Waals surface area contributed by atoms with Crippen molar-refractivity contribution in [2.24, 2.45) is 0 Å². The van der Waals surface area contributed by atoms with Crippen LogP contribution in [-0.2, 0) is 9.59 Å². The molecular formula is C14H26N2O3. The highest BCUT2D eigenvalue weighted by atomic mass is 16.4. The summed E-state index contributed by atoms with van der Waals surface area (Å²) in [7, 11) is 3.64. The lowest BCUT2D eigenvalue weighted by Gasteiger charge is -2.44. The normalized spacial score (nSPS) is 18.3. The Bertz CT molecular complexity index is 312. The number of rotatable bonds is 7. The van der Waals surface area contributed by atoms with Crippen LogP contribution in [0.3, 0.4) is 0 Å². The first-order valence-corrected chi connectivity index (χ1v) is 7.14. The topological polar surface area (TPSA) is 69.6 Å². The first kappa shape index (κ1) is 16.0. The quantitative estimate of drug-likeness (QED) is 0.737. The molecule has 0 radical (unpaired) electrons. The van der Waals surface area contributed by atoms with Crippen LogP contribution in [0.25, 0.3) is 0 Å². The zero-order chi connectivity index (χ0) is 14.3. The van der Waals surface area contributed by atoms with Crippen molar-refractivity contribution >= 4 is 11.9 Å². The fourth-order valence-electron chi connectivity index (χ4n) is 3.02. The summed E-state index contributed by atoms with van der Waals surface area (Å²) < 4.78 is 0. The summed E-state index contributed by atoms with van der Waals surface area (Å²) in [5.74, 6) is -0.677. The highest BCUT2D eigenvalue weighted by molar-refractivity contribution is 5.75. The summed E-state index contributed by atoms with van der Waals surface area (Å²) in [6.07, 6.45) is 6.81. The molecule has 0 aromatic heterocycles. The molecule has 1 saturated carbocycles. The lowest BCUT2D eigenvalue weighted by molar-refractivity contribution is -0.141. The van der Waals surface area contributed by atoms with E-state index in [0.717, 1.165) is 38.6 Å². The number of amides is 1. The van der Waals surface area contributed by atoms with Gasteiger partial charge in [0.1, 0.15) is 0 Å². The number of aliphatic carboxylic acids is 1. The van der Waals surface area contributed by atoms with Crippen LogP contribution in [0, 0.1) is 0 Å². The summed E-state index contributed by atoms with van der Waals surface area (Å²) in [5.41, 5.74) is -0.202. The summed E-state index contributed by atoms with van der Waals surface area (Å²) in [6.45, 7) is 0.778. The zero-order valence-electron chi connectivity index (χ0n) is 12.1. The molecule has 0 aliphatic heterocycles. The first-order valence-electron chi connectivity index (χ1n) is 7.14. The predicted molar refractivity (Wildman–Crippen MR) is 74.0 cm³/mol. The minimum absolute atomic E-state index is 0.0457. The number of carbonyl (C=O) groups excluding carboxylic acids is 1. The molecule has 1 fully saturated rings. The number of carboxylic acids is 1.